The zero-order valence-electron chi connectivity index (χ0n) is 12.1. The molecule has 0 unspecified atom stereocenters. The zero-order valence-corrected chi connectivity index (χ0v) is 12.1. The predicted molar refractivity (Wildman–Crippen MR) is 81.0 cm³/mol. The van der Waals surface area contributed by atoms with E-state index >= 15 is 0 Å². The van der Waals surface area contributed by atoms with Gasteiger partial charge >= 0.3 is 0 Å². The van der Waals surface area contributed by atoms with Crippen molar-refractivity contribution in [2.75, 3.05) is 6.61 Å². The summed E-state index contributed by atoms with van der Waals surface area (Å²) in [7, 11) is 0. The molecular formula is C17H22FNO2. The maximum absolute atomic E-state index is 13.4. The van der Waals surface area contributed by atoms with E-state index in [1.54, 1.807) is 30.4 Å². The van der Waals surface area contributed by atoms with E-state index in [1.165, 1.54) is 6.07 Å². The second-order valence-corrected chi connectivity index (χ2v) is 5.60. The highest BCUT2D eigenvalue weighted by molar-refractivity contribution is 5.78. The first-order valence-electron chi connectivity index (χ1n) is 7.50. The predicted octanol–water partition coefficient (Wildman–Crippen LogP) is 2.90. The number of benzene rings is 1. The number of nitrogens with one attached hydrogen (secondary N) is 1. The van der Waals surface area contributed by atoms with Crippen molar-refractivity contribution in [3.05, 3.63) is 41.7 Å². The van der Waals surface area contributed by atoms with Crippen LogP contribution in [0.3, 0.4) is 0 Å². The van der Waals surface area contributed by atoms with Crippen LogP contribution >= 0.6 is 0 Å². The molecule has 0 heterocycles. The van der Waals surface area contributed by atoms with Crippen LogP contribution in [0.2, 0.25) is 0 Å². The fraction of sp³-hybridized carbons (Fsp3) is 0.471. The molecule has 21 heavy (non-hydrogen) atoms. The molecular weight excluding hydrogens is 269 g/mol. The molecule has 3 nitrogen and oxygen atoms in total. The largest absolute Gasteiger partial charge is 0.396 e. The lowest BCUT2D eigenvalue weighted by atomic mass is 9.86. The number of amides is 1. The van der Waals surface area contributed by atoms with E-state index in [0.29, 0.717) is 11.5 Å². The highest BCUT2D eigenvalue weighted by Gasteiger charge is 2.21. The molecule has 114 valence electrons. The molecule has 0 spiro atoms. The maximum atomic E-state index is 13.4. The summed E-state index contributed by atoms with van der Waals surface area (Å²) in [5.41, 5.74) is 0.494. The van der Waals surface area contributed by atoms with Gasteiger partial charge in [-0.1, -0.05) is 30.4 Å². The molecule has 2 N–H and O–H groups in total. The molecule has 0 atom stereocenters. The Morgan fingerprint density at radius 3 is 2.67 bits per heavy atom. The first kappa shape index (κ1) is 15.7. The first-order valence-corrected chi connectivity index (χ1v) is 7.50. The summed E-state index contributed by atoms with van der Waals surface area (Å²) in [6.07, 6.45) is 7.36. The zero-order chi connectivity index (χ0) is 15.1. The number of halogens is 1. The van der Waals surface area contributed by atoms with E-state index in [9.17, 15) is 9.18 Å². The van der Waals surface area contributed by atoms with Crippen LogP contribution in [-0.4, -0.2) is 23.7 Å². The Hall–Kier alpha value is -1.68. The molecule has 1 aliphatic carbocycles. The van der Waals surface area contributed by atoms with Gasteiger partial charge in [0.2, 0.25) is 5.91 Å². The van der Waals surface area contributed by atoms with Gasteiger partial charge in [-0.2, -0.15) is 0 Å². The molecule has 1 aromatic rings. The first-order chi connectivity index (χ1) is 10.2. The molecule has 1 saturated carbocycles. The van der Waals surface area contributed by atoms with Crippen molar-refractivity contribution in [2.24, 2.45) is 5.92 Å². The number of carbonyl (C=O) groups excluding carboxylic acids is 1. The van der Waals surface area contributed by atoms with Crippen molar-refractivity contribution in [1.82, 2.24) is 5.32 Å². The van der Waals surface area contributed by atoms with E-state index in [2.05, 4.69) is 5.32 Å². The Labute approximate surface area is 124 Å². The standard InChI is InChI=1S/C17H22FNO2/c18-16-6-2-1-4-14(16)5-3-7-17(21)19-15-10-8-13(12-20)9-11-15/h1-6,13,15,20H,7-12H2,(H,19,21)/b5-3+. The van der Waals surface area contributed by atoms with Gasteiger partial charge in [0, 0.05) is 24.6 Å². The van der Waals surface area contributed by atoms with Crippen molar-refractivity contribution in [3.8, 4) is 0 Å². The minimum Gasteiger partial charge on any atom is -0.396 e. The Kier molecular flexibility index (Phi) is 5.93. The van der Waals surface area contributed by atoms with Crippen molar-refractivity contribution in [3.63, 3.8) is 0 Å². The number of hydrogen-bond acceptors (Lipinski definition) is 2. The van der Waals surface area contributed by atoms with Crippen molar-refractivity contribution < 1.29 is 14.3 Å². The summed E-state index contributed by atoms with van der Waals surface area (Å²) in [4.78, 5) is 11.8. The fourth-order valence-corrected chi connectivity index (χ4v) is 2.68. The van der Waals surface area contributed by atoms with Gasteiger partial charge < -0.3 is 10.4 Å². The van der Waals surface area contributed by atoms with Gasteiger partial charge in [0.25, 0.3) is 0 Å². The quantitative estimate of drug-likeness (QED) is 0.876. The van der Waals surface area contributed by atoms with E-state index in [0.717, 1.165) is 25.7 Å². The number of carbonyl (C=O) groups is 1. The van der Waals surface area contributed by atoms with E-state index < -0.39 is 0 Å². The summed E-state index contributed by atoms with van der Waals surface area (Å²) in [5.74, 6) is 0.0747. The van der Waals surface area contributed by atoms with Crippen LogP contribution in [0.1, 0.15) is 37.7 Å². The summed E-state index contributed by atoms with van der Waals surface area (Å²) < 4.78 is 13.4. The minimum atomic E-state index is -0.281. The van der Waals surface area contributed by atoms with Crippen molar-refractivity contribution in [2.45, 2.75) is 38.1 Å². The summed E-state index contributed by atoms with van der Waals surface area (Å²) in [6, 6.07) is 6.70. The van der Waals surface area contributed by atoms with Gasteiger partial charge in [-0.3, -0.25) is 4.79 Å². The van der Waals surface area contributed by atoms with Crippen molar-refractivity contribution in [1.29, 1.82) is 0 Å². The van der Waals surface area contributed by atoms with Gasteiger partial charge in [0.15, 0.2) is 0 Å². The Morgan fingerprint density at radius 2 is 2.00 bits per heavy atom. The lowest BCUT2D eigenvalue weighted by Gasteiger charge is -2.27. The van der Waals surface area contributed by atoms with E-state index in [1.807, 2.05) is 0 Å². The average molecular weight is 291 g/mol. The number of aliphatic hydroxyl groups is 1. The average Bonchev–Trinajstić information content (AvgIpc) is 2.50. The van der Waals surface area contributed by atoms with E-state index in [-0.39, 0.29) is 30.8 Å². The molecule has 1 fully saturated rings. The number of rotatable bonds is 5. The molecule has 2 rings (SSSR count). The van der Waals surface area contributed by atoms with Crippen LogP contribution in [0.15, 0.2) is 30.3 Å². The summed E-state index contributed by atoms with van der Waals surface area (Å²) in [5, 5.41) is 12.1. The summed E-state index contributed by atoms with van der Waals surface area (Å²) in [6.45, 7) is 0.242. The third-order valence-corrected chi connectivity index (χ3v) is 3.98. The molecule has 0 bridgehead atoms. The van der Waals surface area contributed by atoms with Crippen LogP contribution in [0.4, 0.5) is 4.39 Å². The van der Waals surface area contributed by atoms with Crippen LogP contribution in [0, 0.1) is 11.7 Å². The summed E-state index contributed by atoms with van der Waals surface area (Å²) >= 11 is 0. The topological polar surface area (TPSA) is 49.3 Å². The molecule has 1 aromatic carbocycles. The van der Waals surface area contributed by atoms with Gasteiger partial charge in [-0.15, -0.1) is 0 Å². The van der Waals surface area contributed by atoms with Gasteiger partial charge in [0.1, 0.15) is 5.82 Å². The fourth-order valence-electron chi connectivity index (χ4n) is 2.68. The molecule has 1 amide bonds. The molecule has 1 aliphatic rings. The lowest BCUT2D eigenvalue weighted by molar-refractivity contribution is -0.121. The highest BCUT2D eigenvalue weighted by atomic mass is 19.1. The van der Waals surface area contributed by atoms with Crippen molar-refractivity contribution >= 4 is 12.0 Å². The van der Waals surface area contributed by atoms with Gasteiger partial charge in [0.05, 0.1) is 0 Å². The smallest absolute Gasteiger partial charge is 0.224 e. The molecule has 0 saturated heterocycles. The third-order valence-electron chi connectivity index (χ3n) is 3.98. The third kappa shape index (κ3) is 4.97. The number of hydrogen-bond donors (Lipinski definition) is 2. The van der Waals surface area contributed by atoms with E-state index in [4.69, 9.17) is 5.11 Å². The Morgan fingerprint density at radius 1 is 1.29 bits per heavy atom. The lowest BCUT2D eigenvalue weighted by Crippen LogP contribution is -2.37. The normalized spacial score (nSPS) is 22.4. The molecule has 0 aromatic heterocycles. The maximum Gasteiger partial charge on any atom is 0.224 e. The monoisotopic (exact) mass is 291 g/mol. The van der Waals surface area contributed by atoms with Gasteiger partial charge in [-0.05, 0) is 37.7 Å². The number of aliphatic hydroxyl groups excluding tert-OH is 1. The Bertz CT molecular complexity index is 493. The molecule has 0 radical (unpaired) electrons. The minimum absolute atomic E-state index is 0.0324. The molecule has 4 heteroatoms. The van der Waals surface area contributed by atoms with Crippen LogP contribution in [0.25, 0.3) is 6.08 Å². The van der Waals surface area contributed by atoms with Gasteiger partial charge in [-0.25, -0.2) is 4.39 Å². The van der Waals surface area contributed by atoms with Crippen LogP contribution in [0.5, 0.6) is 0 Å². The van der Waals surface area contributed by atoms with Crippen LogP contribution < -0.4 is 5.32 Å². The SMILES string of the molecule is O=C(C/C=C/c1ccccc1F)NC1CCC(CO)CC1. The van der Waals surface area contributed by atoms with Crippen LogP contribution in [-0.2, 0) is 4.79 Å². The molecule has 0 aliphatic heterocycles. The second kappa shape index (κ2) is 7.93. The highest BCUT2D eigenvalue weighted by Crippen LogP contribution is 2.23. The Balaban J connectivity index is 1.74. The second-order valence-electron chi connectivity index (χ2n) is 5.60.